The molecule has 2 bridgehead atoms. The average Bonchev–Trinajstić information content (AvgIpc) is 3.30. The molecule has 0 aliphatic heterocycles. The van der Waals surface area contributed by atoms with Crippen LogP contribution in [0.1, 0.15) is 19.3 Å². The van der Waals surface area contributed by atoms with Gasteiger partial charge in [0.05, 0.1) is 17.5 Å². The van der Waals surface area contributed by atoms with E-state index < -0.39 is 17.8 Å². The Labute approximate surface area is 157 Å². The summed E-state index contributed by atoms with van der Waals surface area (Å²) in [5.41, 5.74) is 1.78. The molecule has 0 unspecified atom stereocenters. The number of halogens is 1. The van der Waals surface area contributed by atoms with Gasteiger partial charge in [0.2, 0.25) is 5.91 Å². The number of aromatic nitrogens is 1. The number of fused-ring (bicyclic) bond motifs is 2. The lowest BCUT2D eigenvalue weighted by Crippen LogP contribution is -2.37. The van der Waals surface area contributed by atoms with Gasteiger partial charge in [-0.05, 0) is 43.2 Å². The van der Waals surface area contributed by atoms with Gasteiger partial charge < -0.3 is 10.4 Å². The molecule has 4 rings (SSSR count). The maximum Gasteiger partial charge on any atom is 0.307 e. The molecule has 2 aliphatic carbocycles. The molecule has 2 aliphatic rings. The number of anilines is 1. The van der Waals surface area contributed by atoms with E-state index in [0.717, 1.165) is 35.0 Å². The number of amides is 1. The Morgan fingerprint density at radius 3 is 2.52 bits per heavy atom. The van der Waals surface area contributed by atoms with Gasteiger partial charge in [-0.1, -0.05) is 28.1 Å². The van der Waals surface area contributed by atoms with Crippen LogP contribution in [-0.4, -0.2) is 22.0 Å². The van der Waals surface area contributed by atoms with Crippen molar-refractivity contribution in [3.05, 3.63) is 34.1 Å². The number of hydrogen-bond acceptors (Lipinski definition) is 4. The molecule has 1 heterocycles. The molecule has 2 saturated carbocycles. The van der Waals surface area contributed by atoms with Crippen LogP contribution < -0.4 is 5.32 Å². The number of thiazole rings is 1. The van der Waals surface area contributed by atoms with Crippen LogP contribution in [0.3, 0.4) is 0 Å². The Kier molecular flexibility index (Phi) is 4.37. The maximum atomic E-state index is 12.7. The van der Waals surface area contributed by atoms with Crippen molar-refractivity contribution in [3.8, 4) is 11.3 Å². The van der Waals surface area contributed by atoms with Crippen LogP contribution in [0.2, 0.25) is 0 Å². The Balaban J connectivity index is 1.50. The Hall–Kier alpha value is -1.73. The van der Waals surface area contributed by atoms with Crippen LogP contribution in [0.5, 0.6) is 0 Å². The Bertz CT molecular complexity index is 820. The van der Waals surface area contributed by atoms with Crippen molar-refractivity contribution in [2.75, 3.05) is 5.32 Å². The van der Waals surface area contributed by atoms with Crippen molar-refractivity contribution >= 4 is 44.3 Å². The third-order valence-corrected chi connectivity index (χ3v) is 6.66. The number of carboxylic acids is 1. The molecule has 1 aromatic carbocycles. The smallest absolute Gasteiger partial charge is 0.307 e. The maximum absolute atomic E-state index is 12.7. The molecule has 130 valence electrons. The highest BCUT2D eigenvalue weighted by atomic mass is 79.9. The van der Waals surface area contributed by atoms with Gasteiger partial charge in [-0.15, -0.1) is 11.3 Å². The van der Waals surface area contributed by atoms with Gasteiger partial charge in [0.1, 0.15) is 0 Å². The summed E-state index contributed by atoms with van der Waals surface area (Å²) in [6.45, 7) is 0. The van der Waals surface area contributed by atoms with Crippen LogP contribution in [0.15, 0.2) is 34.1 Å². The van der Waals surface area contributed by atoms with Crippen molar-refractivity contribution in [1.82, 2.24) is 4.98 Å². The van der Waals surface area contributed by atoms with Gasteiger partial charge >= 0.3 is 5.97 Å². The first-order valence-electron chi connectivity index (χ1n) is 8.28. The minimum atomic E-state index is -0.845. The SMILES string of the molecule is O=C(O)[C@H]1[C@H]2CC[C@H](C2)[C@@H]1C(=O)Nc1nc(-c2ccc(Br)cc2)cs1. The van der Waals surface area contributed by atoms with E-state index in [2.05, 4.69) is 26.2 Å². The lowest BCUT2D eigenvalue weighted by atomic mass is 9.79. The van der Waals surface area contributed by atoms with Gasteiger partial charge in [0.25, 0.3) is 0 Å². The third-order valence-electron chi connectivity index (χ3n) is 5.38. The molecule has 0 radical (unpaired) electrons. The predicted octanol–water partition coefficient (Wildman–Crippen LogP) is 4.26. The number of nitrogens with one attached hydrogen (secondary N) is 1. The van der Waals surface area contributed by atoms with E-state index in [9.17, 15) is 14.7 Å². The summed E-state index contributed by atoms with van der Waals surface area (Å²) in [6, 6.07) is 7.81. The summed E-state index contributed by atoms with van der Waals surface area (Å²) < 4.78 is 0.996. The zero-order chi connectivity index (χ0) is 17.6. The Morgan fingerprint density at radius 2 is 1.84 bits per heavy atom. The first kappa shape index (κ1) is 16.7. The molecule has 0 spiro atoms. The number of carbonyl (C=O) groups excluding carboxylic acids is 1. The lowest BCUT2D eigenvalue weighted by molar-refractivity contribution is -0.148. The molecule has 7 heteroatoms. The van der Waals surface area contributed by atoms with Crippen molar-refractivity contribution in [3.63, 3.8) is 0 Å². The van der Waals surface area contributed by atoms with E-state index in [0.29, 0.717) is 5.13 Å². The third kappa shape index (κ3) is 3.11. The van der Waals surface area contributed by atoms with Crippen molar-refractivity contribution < 1.29 is 14.7 Å². The average molecular weight is 421 g/mol. The zero-order valence-electron chi connectivity index (χ0n) is 13.3. The molecule has 0 saturated heterocycles. The van der Waals surface area contributed by atoms with E-state index in [-0.39, 0.29) is 17.7 Å². The molecule has 2 N–H and O–H groups in total. The fraction of sp³-hybridized carbons (Fsp3) is 0.389. The summed E-state index contributed by atoms with van der Waals surface area (Å²) in [7, 11) is 0. The fourth-order valence-corrected chi connectivity index (χ4v) is 5.28. The lowest BCUT2D eigenvalue weighted by Gasteiger charge is -2.26. The van der Waals surface area contributed by atoms with E-state index in [4.69, 9.17) is 0 Å². The van der Waals surface area contributed by atoms with Gasteiger partial charge in [-0.25, -0.2) is 4.98 Å². The molecule has 5 nitrogen and oxygen atoms in total. The van der Waals surface area contributed by atoms with Gasteiger partial charge in [-0.3, -0.25) is 9.59 Å². The highest BCUT2D eigenvalue weighted by Crippen LogP contribution is 2.52. The number of nitrogens with zero attached hydrogens (tertiary/aromatic N) is 1. The van der Waals surface area contributed by atoms with Crippen LogP contribution in [0, 0.1) is 23.7 Å². The molecule has 4 atom stereocenters. The predicted molar refractivity (Wildman–Crippen MR) is 99.3 cm³/mol. The summed E-state index contributed by atoms with van der Waals surface area (Å²) in [4.78, 5) is 28.8. The fourth-order valence-electron chi connectivity index (χ4n) is 4.30. The number of carboxylic acid groups (broad SMARTS) is 1. The normalized spacial score (nSPS) is 27.4. The minimum absolute atomic E-state index is 0.146. The monoisotopic (exact) mass is 420 g/mol. The summed E-state index contributed by atoms with van der Waals surface area (Å²) in [5.74, 6) is -1.69. The van der Waals surface area contributed by atoms with E-state index in [1.807, 2.05) is 29.6 Å². The molecule has 1 amide bonds. The van der Waals surface area contributed by atoms with Crippen molar-refractivity contribution in [2.45, 2.75) is 19.3 Å². The van der Waals surface area contributed by atoms with Gasteiger partial charge in [0.15, 0.2) is 5.13 Å². The van der Waals surface area contributed by atoms with Crippen LogP contribution in [0.25, 0.3) is 11.3 Å². The topological polar surface area (TPSA) is 79.3 Å². The number of carbonyl (C=O) groups is 2. The zero-order valence-corrected chi connectivity index (χ0v) is 15.7. The minimum Gasteiger partial charge on any atom is -0.481 e. The number of benzene rings is 1. The van der Waals surface area contributed by atoms with Crippen molar-refractivity contribution in [2.24, 2.45) is 23.7 Å². The van der Waals surface area contributed by atoms with Crippen molar-refractivity contribution in [1.29, 1.82) is 0 Å². The van der Waals surface area contributed by atoms with E-state index in [1.165, 1.54) is 11.3 Å². The molecule has 25 heavy (non-hydrogen) atoms. The molecule has 2 fully saturated rings. The van der Waals surface area contributed by atoms with Crippen LogP contribution >= 0.6 is 27.3 Å². The number of aliphatic carboxylic acids is 1. The van der Waals surface area contributed by atoms with Crippen LogP contribution in [-0.2, 0) is 9.59 Å². The van der Waals surface area contributed by atoms with Gasteiger partial charge in [0, 0.05) is 15.4 Å². The van der Waals surface area contributed by atoms with E-state index in [1.54, 1.807) is 0 Å². The second-order valence-electron chi connectivity index (χ2n) is 6.76. The summed E-state index contributed by atoms with van der Waals surface area (Å²) in [5, 5.41) is 14.8. The van der Waals surface area contributed by atoms with Gasteiger partial charge in [-0.2, -0.15) is 0 Å². The summed E-state index contributed by atoms with van der Waals surface area (Å²) >= 11 is 4.77. The summed E-state index contributed by atoms with van der Waals surface area (Å²) in [6.07, 6.45) is 2.74. The second kappa shape index (κ2) is 6.53. The molecular formula is C18H17BrN2O3S. The standard InChI is InChI=1S/C18H17BrN2O3S/c19-12-5-3-9(4-6-12)13-8-25-18(20-13)21-16(22)14-10-1-2-11(7-10)15(14)17(23)24/h3-6,8,10-11,14-15H,1-2,7H2,(H,23,24)(H,20,21,22)/t10-,11+,14+,15+/m1/s1. The number of rotatable bonds is 4. The highest BCUT2D eigenvalue weighted by molar-refractivity contribution is 9.10. The number of hydrogen-bond donors (Lipinski definition) is 2. The first-order chi connectivity index (χ1) is 12.0. The largest absolute Gasteiger partial charge is 0.481 e. The highest BCUT2D eigenvalue weighted by Gasteiger charge is 2.54. The molecular weight excluding hydrogens is 404 g/mol. The first-order valence-corrected chi connectivity index (χ1v) is 9.95. The molecule has 2 aromatic rings. The second-order valence-corrected chi connectivity index (χ2v) is 8.53. The van der Waals surface area contributed by atoms with E-state index >= 15 is 0 Å². The van der Waals surface area contributed by atoms with Crippen LogP contribution in [0.4, 0.5) is 5.13 Å². The quantitative estimate of drug-likeness (QED) is 0.774. The Morgan fingerprint density at radius 1 is 1.16 bits per heavy atom. The molecule has 1 aromatic heterocycles.